The van der Waals surface area contributed by atoms with Gasteiger partial charge >= 0.3 is 0 Å². The van der Waals surface area contributed by atoms with E-state index in [0.29, 0.717) is 5.65 Å². The molecule has 1 aliphatic rings. The second-order valence-corrected chi connectivity index (χ2v) is 4.55. The van der Waals surface area contributed by atoms with Crippen LogP contribution in [0.1, 0.15) is 25.0 Å². The average molecular weight is 232 g/mol. The molecule has 17 heavy (non-hydrogen) atoms. The minimum absolute atomic E-state index is 0.225. The minimum Gasteiger partial charge on any atom is -0.504 e. The third-order valence-corrected chi connectivity index (χ3v) is 3.22. The fourth-order valence-electron chi connectivity index (χ4n) is 2.35. The first kappa shape index (κ1) is 10.6. The van der Waals surface area contributed by atoms with E-state index in [2.05, 4.69) is 4.98 Å². The van der Waals surface area contributed by atoms with Gasteiger partial charge in [0.05, 0.1) is 11.8 Å². The van der Waals surface area contributed by atoms with E-state index in [1.54, 1.807) is 6.07 Å². The van der Waals surface area contributed by atoms with E-state index in [9.17, 15) is 5.11 Å². The van der Waals surface area contributed by atoms with Crippen molar-refractivity contribution in [2.75, 3.05) is 6.61 Å². The number of aromatic hydroxyl groups is 1. The lowest BCUT2D eigenvalue weighted by molar-refractivity contribution is 0.0163. The Balaban J connectivity index is 1.83. The van der Waals surface area contributed by atoms with Crippen LogP contribution in [0, 0.1) is 0 Å². The summed E-state index contributed by atoms with van der Waals surface area (Å²) in [6, 6.07) is 3.47. The first-order valence-electron chi connectivity index (χ1n) is 6.10. The van der Waals surface area contributed by atoms with Crippen LogP contribution in [-0.2, 0) is 11.2 Å². The molecule has 4 heteroatoms. The van der Waals surface area contributed by atoms with Crippen molar-refractivity contribution in [1.29, 1.82) is 0 Å². The van der Waals surface area contributed by atoms with Crippen LogP contribution in [0.15, 0.2) is 24.5 Å². The molecule has 0 aliphatic carbocycles. The topological polar surface area (TPSA) is 46.8 Å². The molecule has 0 aromatic carbocycles. The maximum atomic E-state index is 9.68. The monoisotopic (exact) mass is 232 g/mol. The summed E-state index contributed by atoms with van der Waals surface area (Å²) >= 11 is 0. The van der Waals surface area contributed by atoms with Gasteiger partial charge in [-0.25, -0.2) is 4.98 Å². The molecular weight excluding hydrogens is 216 g/mol. The van der Waals surface area contributed by atoms with Crippen molar-refractivity contribution in [2.24, 2.45) is 0 Å². The van der Waals surface area contributed by atoms with E-state index in [1.165, 1.54) is 12.8 Å². The predicted octanol–water partition coefficient (Wildman–Crippen LogP) is 2.15. The average Bonchev–Trinajstić information content (AvgIpc) is 2.74. The van der Waals surface area contributed by atoms with Crippen molar-refractivity contribution in [2.45, 2.75) is 31.8 Å². The number of fused-ring (bicyclic) bond motifs is 1. The number of imidazole rings is 1. The third-order valence-electron chi connectivity index (χ3n) is 3.22. The molecule has 0 saturated carbocycles. The van der Waals surface area contributed by atoms with Crippen molar-refractivity contribution in [1.82, 2.24) is 9.38 Å². The second-order valence-electron chi connectivity index (χ2n) is 4.55. The molecule has 1 N–H and O–H groups in total. The molecule has 0 bridgehead atoms. The van der Waals surface area contributed by atoms with Gasteiger partial charge in [0.2, 0.25) is 0 Å². The second kappa shape index (κ2) is 4.37. The highest BCUT2D eigenvalue weighted by molar-refractivity contribution is 5.53. The summed E-state index contributed by atoms with van der Waals surface area (Å²) in [5, 5.41) is 9.68. The molecule has 2 aromatic rings. The number of pyridine rings is 1. The molecule has 1 atom stereocenters. The number of rotatable bonds is 2. The summed E-state index contributed by atoms with van der Waals surface area (Å²) in [6.45, 7) is 0.864. The van der Waals surface area contributed by atoms with Gasteiger partial charge in [-0.2, -0.15) is 0 Å². The zero-order chi connectivity index (χ0) is 11.7. The van der Waals surface area contributed by atoms with E-state index in [0.717, 1.165) is 25.1 Å². The Bertz CT molecular complexity index is 515. The Labute approximate surface area is 99.9 Å². The quantitative estimate of drug-likeness (QED) is 0.863. The van der Waals surface area contributed by atoms with Crippen LogP contribution in [-0.4, -0.2) is 27.2 Å². The summed E-state index contributed by atoms with van der Waals surface area (Å²) in [6.07, 6.45) is 8.50. The normalized spacial score (nSPS) is 20.8. The fraction of sp³-hybridized carbons (Fsp3) is 0.462. The molecule has 4 nitrogen and oxygen atoms in total. The van der Waals surface area contributed by atoms with Gasteiger partial charge in [-0.1, -0.05) is 0 Å². The molecule has 1 saturated heterocycles. The Morgan fingerprint density at radius 2 is 2.41 bits per heavy atom. The summed E-state index contributed by atoms with van der Waals surface area (Å²) in [7, 11) is 0. The minimum atomic E-state index is 0.225. The van der Waals surface area contributed by atoms with Crippen molar-refractivity contribution >= 4 is 5.65 Å². The van der Waals surface area contributed by atoms with Crippen molar-refractivity contribution in [3.05, 3.63) is 30.2 Å². The summed E-state index contributed by atoms with van der Waals surface area (Å²) < 4.78 is 7.55. The van der Waals surface area contributed by atoms with Crippen molar-refractivity contribution < 1.29 is 9.84 Å². The highest BCUT2D eigenvalue weighted by Crippen LogP contribution is 2.20. The first-order valence-corrected chi connectivity index (χ1v) is 6.10. The Kier molecular flexibility index (Phi) is 2.73. The highest BCUT2D eigenvalue weighted by Gasteiger charge is 2.16. The Hall–Kier alpha value is -1.55. The molecule has 0 amide bonds. The Morgan fingerprint density at radius 3 is 3.18 bits per heavy atom. The van der Waals surface area contributed by atoms with E-state index in [1.807, 2.05) is 22.9 Å². The zero-order valence-electron chi connectivity index (χ0n) is 9.67. The van der Waals surface area contributed by atoms with E-state index in [-0.39, 0.29) is 11.9 Å². The molecule has 0 spiro atoms. The summed E-state index contributed by atoms with van der Waals surface area (Å²) in [4.78, 5) is 4.44. The zero-order valence-corrected chi connectivity index (χ0v) is 9.67. The van der Waals surface area contributed by atoms with Gasteiger partial charge in [-0.05, 0) is 31.4 Å². The van der Waals surface area contributed by atoms with Crippen molar-refractivity contribution in [3.8, 4) is 5.75 Å². The van der Waals surface area contributed by atoms with Crippen LogP contribution >= 0.6 is 0 Å². The van der Waals surface area contributed by atoms with Crippen LogP contribution in [0.25, 0.3) is 5.65 Å². The summed E-state index contributed by atoms with van der Waals surface area (Å²) in [5.74, 6) is 0.225. The van der Waals surface area contributed by atoms with Crippen LogP contribution in [0.5, 0.6) is 5.75 Å². The molecule has 0 radical (unpaired) electrons. The van der Waals surface area contributed by atoms with E-state index < -0.39 is 0 Å². The molecule has 3 heterocycles. The largest absolute Gasteiger partial charge is 0.504 e. The molecule has 90 valence electrons. The Morgan fingerprint density at radius 1 is 1.47 bits per heavy atom. The van der Waals surface area contributed by atoms with E-state index in [4.69, 9.17) is 4.74 Å². The van der Waals surface area contributed by atoms with Gasteiger partial charge in [-0.15, -0.1) is 0 Å². The fourth-order valence-corrected chi connectivity index (χ4v) is 2.35. The molecule has 2 aromatic heterocycles. The van der Waals surface area contributed by atoms with Gasteiger partial charge < -0.3 is 14.2 Å². The summed E-state index contributed by atoms with van der Waals surface area (Å²) in [5.41, 5.74) is 1.61. The smallest absolute Gasteiger partial charge is 0.179 e. The van der Waals surface area contributed by atoms with Gasteiger partial charge in [0, 0.05) is 25.4 Å². The SMILES string of the molecule is Oc1cccn2cc(CC3CCCCO3)nc12. The van der Waals surface area contributed by atoms with Gasteiger partial charge in [0.15, 0.2) is 11.4 Å². The third kappa shape index (κ3) is 2.13. The lowest BCUT2D eigenvalue weighted by Crippen LogP contribution is -2.21. The number of ether oxygens (including phenoxy) is 1. The number of nitrogens with zero attached hydrogens (tertiary/aromatic N) is 2. The maximum absolute atomic E-state index is 9.68. The molecule has 1 unspecified atom stereocenters. The van der Waals surface area contributed by atoms with Crippen molar-refractivity contribution in [3.63, 3.8) is 0 Å². The standard InChI is InChI=1S/C13H16N2O2/c16-12-5-3-6-15-9-10(14-13(12)15)8-11-4-1-2-7-17-11/h3,5-6,9,11,16H,1-2,4,7-8H2. The van der Waals surface area contributed by atoms with Gasteiger partial charge in [0.1, 0.15) is 0 Å². The first-order chi connectivity index (χ1) is 8.33. The van der Waals surface area contributed by atoms with Gasteiger partial charge in [-0.3, -0.25) is 0 Å². The van der Waals surface area contributed by atoms with Crippen LogP contribution < -0.4 is 0 Å². The molecular formula is C13H16N2O2. The van der Waals surface area contributed by atoms with Gasteiger partial charge in [0.25, 0.3) is 0 Å². The maximum Gasteiger partial charge on any atom is 0.179 e. The molecule has 1 aliphatic heterocycles. The lowest BCUT2D eigenvalue weighted by Gasteiger charge is -2.21. The molecule has 1 fully saturated rings. The van der Waals surface area contributed by atoms with Crippen LogP contribution in [0.2, 0.25) is 0 Å². The number of hydrogen-bond acceptors (Lipinski definition) is 3. The number of aromatic nitrogens is 2. The lowest BCUT2D eigenvalue weighted by atomic mass is 10.1. The number of hydrogen-bond donors (Lipinski definition) is 1. The molecule has 3 rings (SSSR count). The highest BCUT2D eigenvalue weighted by atomic mass is 16.5. The predicted molar refractivity (Wildman–Crippen MR) is 64.2 cm³/mol. The van der Waals surface area contributed by atoms with E-state index >= 15 is 0 Å². The van der Waals surface area contributed by atoms with Crippen LogP contribution in [0.3, 0.4) is 0 Å². The van der Waals surface area contributed by atoms with Crippen LogP contribution in [0.4, 0.5) is 0 Å².